The number of benzene rings is 1. The molecule has 0 saturated carbocycles. The first kappa shape index (κ1) is 10.4. The van der Waals surface area contributed by atoms with E-state index in [2.05, 4.69) is 0 Å². The molecular formula is C11H10FNO. The highest BCUT2D eigenvalue weighted by atomic mass is 19.1. The molecule has 14 heavy (non-hydrogen) atoms. The van der Waals surface area contributed by atoms with Crippen molar-refractivity contribution in [3.8, 4) is 6.07 Å². The Kier molecular flexibility index (Phi) is 3.35. The van der Waals surface area contributed by atoms with Crippen LogP contribution in [0.2, 0.25) is 0 Å². The number of carbonyl (C=O) groups is 1. The first-order chi connectivity index (χ1) is 6.69. The van der Waals surface area contributed by atoms with Crippen LogP contribution in [0.5, 0.6) is 0 Å². The molecule has 0 spiro atoms. The molecule has 1 atom stereocenters. The van der Waals surface area contributed by atoms with Gasteiger partial charge in [0.15, 0.2) is 0 Å². The van der Waals surface area contributed by atoms with Crippen molar-refractivity contribution >= 4 is 6.29 Å². The molecule has 1 aromatic carbocycles. The lowest BCUT2D eigenvalue weighted by atomic mass is 9.98. The maximum absolute atomic E-state index is 13.1. The highest BCUT2D eigenvalue weighted by Gasteiger charge is 2.10. The van der Waals surface area contributed by atoms with E-state index in [0.717, 1.165) is 6.29 Å². The number of rotatable bonds is 3. The summed E-state index contributed by atoms with van der Waals surface area (Å²) in [6.45, 7) is 1.74. The van der Waals surface area contributed by atoms with Crippen molar-refractivity contribution in [2.75, 3.05) is 0 Å². The van der Waals surface area contributed by atoms with E-state index >= 15 is 0 Å². The van der Waals surface area contributed by atoms with E-state index in [1.807, 2.05) is 0 Å². The smallest absolute Gasteiger partial charge is 0.141 e. The SMILES string of the molecule is CC(C=O)Cc1cccc(F)c1C#N. The molecule has 1 rings (SSSR count). The molecule has 72 valence electrons. The van der Waals surface area contributed by atoms with Crippen molar-refractivity contribution in [1.82, 2.24) is 0 Å². The Balaban J connectivity index is 3.03. The van der Waals surface area contributed by atoms with E-state index < -0.39 is 5.82 Å². The molecule has 1 unspecified atom stereocenters. The van der Waals surface area contributed by atoms with E-state index in [1.54, 1.807) is 25.1 Å². The Morgan fingerprint density at radius 2 is 2.36 bits per heavy atom. The fraction of sp³-hybridized carbons (Fsp3) is 0.273. The van der Waals surface area contributed by atoms with Crippen LogP contribution in [0.25, 0.3) is 0 Å². The van der Waals surface area contributed by atoms with E-state index in [1.165, 1.54) is 6.07 Å². The summed E-state index contributed by atoms with van der Waals surface area (Å²) in [5.74, 6) is -0.716. The number of halogens is 1. The van der Waals surface area contributed by atoms with E-state index in [4.69, 9.17) is 5.26 Å². The lowest BCUT2D eigenvalue weighted by Gasteiger charge is -2.06. The second-order valence-electron chi connectivity index (χ2n) is 3.20. The zero-order valence-electron chi connectivity index (χ0n) is 7.83. The maximum Gasteiger partial charge on any atom is 0.141 e. The summed E-state index contributed by atoms with van der Waals surface area (Å²) >= 11 is 0. The zero-order chi connectivity index (χ0) is 10.6. The standard InChI is InChI=1S/C11H10FNO/c1-8(7-14)5-9-3-2-4-11(12)10(9)6-13/h2-4,7-8H,5H2,1H3. The molecule has 0 N–H and O–H groups in total. The van der Waals surface area contributed by atoms with Crippen LogP contribution in [0.1, 0.15) is 18.1 Å². The van der Waals surface area contributed by atoms with Crippen LogP contribution >= 0.6 is 0 Å². The molecule has 0 amide bonds. The number of nitriles is 1. The lowest BCUT2D eigenvalue weighted by molar-refractivity contribution is -0.110. The van der Waals surface area contributed by atoms with Crippen LogP contribution in [0, 0.1) is 23.1 Å². The number of hydrogen-bond donors (Lipinski definition) is 0. The third kappa shape index (κ3) is 2.17. The molecule has 0 aromatic heterocycles. The van der Waals surface area contributed by atoms with Gasteiger partial charge in [0.25, 0.3) is 0 Å². The van der Waals surface area contributed by atoms with Gasteiger partial charge in [0, 0.05) is 5.92 Å². The van der Waals surface area contributed by atoms with Gasteiger partial charge in [-0.1, -0.05) is 19.1 Å². The van der Waals surface area contributed by atoms with Crippen LogP contribution in [-0.4, -0.2) is 6.29 Å². The fourth-order valence-corrected chi connectivity index (χ4v) is 1.26. The van der Waals surface area contributed by atoms with Gasteiger partial charge in [0.2, 0.25) is 0 Å². The topological polar surface area (TPSA) is 40.9 Å². The third-order valence-electron chi connectivity index (χ3n) is 1.99. The van der Waals surface area contributed by atoms with Crippen LogP contribution in [-0.2, 0) is 11.2 Å². The Hall–Kier alpha value is -1.69. The molecule has 0 saturated heterocycles. The van der Waals surface area contributed by atoms with Gasteiger partial charge < -0.3 is 4.79 Å². The fourth-order valence-electron chi connectivity index (χ4n) is 1.26. The molecule has 2 nitrogen and oxygen atoms in total. The minimum Gasteiger partial charge on any atom is -0.303 e. The minimum atomic E-state index is -0.525. The number of nitrogens with zero attached hydrogens (tertiary/aromatic N) is 1. The second-order valence-corrected chi connectivity index (χ2v) is 3.20. The lowest BCUT2D eigenvalue weighted by Crippen LogP contribution is -2.03. The normalized spacial score (nSPS) is 11.8. The third-order valence-corrected chi connectivity index (χ3v) is 1.99. The Morgan fingerprint density at radius 1 is 1.64 bits per heavy atom. The van der Waals surface area contributed by atoms with Gasteiger partial charge >= 0.3 is 0 Å². The predicted molar refractivity (Wildman–Crippen MR) is 50.0 cm³/mol. The van der Waals surface area contributed by atoms with Crippen molar-refractivity contribution in [1.29, 1.82) is 5.26 Å². The van der Waals surface area contributed by atoms with Crippen molar-refractivity contribution in [3.63, 3.8) is 0 Å². The number of carbonyl (C=O) groups excluding carboxylic acids is 1. The summed E-state index contributed by atoms with van der Waals surface area (Å²) in [5.41, 5.74) is 0.633. The molecular weight excluding hydrogens is 181 g/mol. The summed E-state index contributed by atoms with van der Waals surface area (Å²) in [4.78, 5) is 10.4. The first-order valence-electron chi connectivity index (χ1n) is 4.31. The summed E-state index contributed by atoms with van der Waals surface area (Å²) in [6.07, 6.45) is 1.20. The Morgan fingerprint density at radius 3 is 2.93 bits per heavy atom. The summed E-state index contributed by atoms with van der Waals surface area (Å²) < 4.78 is 13.1. The Bertz CT molecular complexity index is 381. The second kappa shape index (κ2) is 4.52. The van der Waals surface area contributed by atoms with Crippen molar-refractivity contribution in [2.24, 2.45) is 5.92 Å². The maximum atomic E-state index is 13.1. The highest BCUT2D eigenvalue weighted by molar-refractivity contribution is 5.54. The van der Waals surface area contributed by atoms with Crippen LogP contribution < -0.4 is 0 Å². The van der Waals surface area contributed by atoms with Crippen molar-refractivity contribution in [2.45, 2.75) is 13.3 Å². The molecule has 1 aromatic rings. The highest BCUT2D eigenvalue weighted by Crippen LogP contribution is 2.15. The van der Waals surface area contributed by atoms with Gasteiger partial charge in [-0.05, 0) is 18.1 Å². The number of aldehydes is 1. The summed E-state index contributed by atoms with van der Waals surface area (Å²) in [7, 11) is 0. The van der Waals surface area contributed by atoms with E-state index in [9.17, 15) is 9.18 Å². The largest absolute Gasteiger partial charge is 0.303 e. The predicted octanol–water partition coefficient (Wildman–Crippen LogP) is 2.07. The average molecular weight is 191 g/mol. The van der Waals surface area contributed by atoms with Crippen LogP contribution in [0.15, 0.2) is 18.2 Å². The van der Waals surface area contributed by atoms with Gasteiger partial charge in [-0.2, -0.15) is 5.26 Å². The molecule has 0 aliphatic carbocycles. The first-order valence-corrected chi connectivity index (χ1v) is 4.31. The molecule has 0 heterocycles. The minimum absolute atomic E-state index is 0.0428. The van der Waals surface area contributed by atoms with Gasteiger partial charge in [-0.3, -0.25) is 0 Å². The van der Waals surface area contributed by atoms with Gasteiger partial charge in [-0.15, -0.1) is 0 Å². The molecule has 0 aliphatic heterocycles. The van der Waals surface area contributed by atoms with E-state index in [0.29, 0.717) is 12.0 Å². The molecule has 0 bridgehead atoms. The molecule has 0 radical (unpaired) electrons. The van der Waals surface area contributed by atoms with Crippen molar-refractivity contribution < 1.29 is 9.18 Å². The van der Waals surface area contributed by atoms with Crippen LogP contribution in [0.4, 0.5) is 4.39 Å². The zero-order valence-corrected chi connectivity index (χ0v) is 7.83. The molecule has 0 aliphatic rings. The van der Waals surface area contributed by atoms with Gasteiger partial charge in [0.1, 0.15) is 18.2 Å². The number of hydrogen-bond acceptors (Lipinski definition) is 2. The van der Waals surface area contributed by atoms with Gasteiger partial charge in [-0.25, -0.2) is 4.39 Å². The quantitative estimate of drug-likeness (QED) is 0.686. The van der Waals surface area contributed by atoms with Crippen LogP contribution in [0.3, 0.4) is 0 Å². The monoisotopic (exact) mass is 191 g/mol. The van der Waals surface area contributed by atoms with E-state index in [-0.39, 0.29) is 11.5 Å². The molecule has 0 fully saturated rings. The summed E-state index contributed by atoms with van der Waals surface area (Å²) in [6, 6.07) is 6.26. The summed E-state index contributed by atoms with van der Waals surface area (Å²) in [5, 5.41) is 8.71. The van der Waals surface area contributed by atoms with Crippen molar-refractivity contribution in [3.05, 3.63) is 35.1 Å². The Labute approximate surface area is 82.0 Å². The molecule has 3 heteroatoms. The van der Waals surface area contributed by atoms with Gasteiger partial charge in [0.05, 0.1) is 5.56 Å². The average Bonchev–Trinajstić information content (AvgIpc) is 2.18.